The molecule has 0 saturated heterocycles. The highest BCUT2D eigenvalue weighted by Gasteiger charge is 2.18. The Kier molecular flexibility index (Phi) is 4.37. The summed E-state index contributed by atoms with van der Waals surface area (Å²) in [5, 5.41) is 6.28. The third-order valence-electron chi connectivity index (χ3n) is 2.62. The number of hydrogen-bond acceptors (Lipinski definition) is 4. The summed E-state index contributed by atoms with van der Waals surface area (Å²) in [6.45, 7) is 0. The number of nitrogens with zero attached hydrogens (tertiary/aromatic N) is 2. The summed E-state index contributed by atoms with van der Waals surface area (Å²) in [5.41, 5.74) is 0.866. The average Bonchev–Trinajstić information content (AvgIpc) is 2.76. The molecule has 0 fully saturated rings. The van der Waals surface area contributed by atoms with Gasteiger partial charge >= 0.3 is 0 Å². The van der Waals surface area contributed by atoms with Crippen molar-refractivity contribution >= 4 is 21.4 Å². The second-order valence-electron chi connectivity index (χ2n) is 4.61. The molecule has 1 aromatic heterocycles. The molecule has 1 N–H and O–H groups in total. The van der Waals surface area contributed by atoms with E-state index in [2.05, 4.69) is 10.4 Å². The molecule has 0 radical (unpaired) electrons. The minimum absolute atomic E-state index is 0.252. The fourth-order valence-corrected chi connectivity index (χ4v) is 3.01. The highest BCUT2D eigenvalue weighted by atomic mass is 32.2. The molecule has 0 aliphatic heterocycles. The highest BCUT2D eigenvalue weighted by molar-refractivity contribution is 7.91. The van der Waals surface area contributed by atoms with Crippen LogP contribution in [0.15, 0.2) is 36.7 Å². The van der Waals surface area contributed by atoms with Crippen molar-refractivity contribution in [3.8, 4) is 0 Å². The van der Waals surface area contributed by atoms with Crippen LogP contribution in [0.2, 0.25) is 0 Å². The maximum Gasteiger partial charge on any atom is 0.239 e. The zero-order valence-electron chi connectivity index (χ0n) is 11.3. The molecule has 8 heteroatoms. The maximum atomic E-state index is 12.7. The van der Waals surface area contributed by atoms with Crippen LogP contribution in [0.3, 0.4) is 0 Å². The lowest BCUT2D eigenvalue weighted by Gasteiger charge is -2.05. The first-order valence-corrected chi connectivity index (χ1v) is 7.89. The summed E-state index contributed by atoms with van der Waals surface area (Å²) in [5.74, 6) is -1.99. The quantitative estimate of drug-likeness (QED) is 0.897. The summed E-state index contributed by atoms with van der Waals surface area (Å²) >= 11 is 0. The van der Waals surface area contributed by atoms with Crippen molar-refractivity contribution < 1.29 is 17.6 Å². The van der Waals surface area contributed by atoms with Crippen molar-refractivity contribution in [1.29, 1.82) is 0 Å². The van der Waals surface area contributed by atoms with Crippen LogP contribution in [-0.4, -0.2) is 29.9 Å². The van der Waals surface area contributed by atoms with Gasteiger partial charge in [0.05, 0.1) is 11.9 Å². The van der Waals surface area contributed by atoms with Crippen LogP contribution >= 0.6 is 0 Å². The van der Waals surface area contributed by atoms with E-state index >= 15 is 0 Å². The summed E-state index contributed by atoms with van der Waals surface area (Å²) in [6, 6.07) is 5.08. The van der Waals surface area contributed by atoms with Gasteiger partial charge < -0.3 is 5.32 Å². The zero-order chi connectivity index (χ0) is 15.5. The lowest BCUT2D eigenvalue weighted by atomic mass is 10.3. The van der Waals surface area contributed by atoms with Gasteiger partial charge in [0.2, 0.25) is 5.91 Å². The fourth-order valence-electron chi connectivity index (χ4n) is 1.78. The molecule has 0 bridgehead atoms. The number of rotatable bonds is 5. The van der Waals surface area contributed by atoms with Crippen LogP contribution in [0.1, 0.15) is 5.56 Å². The number of anilines is 1. The van der Waals surface area contributed by atoms with E-state index in [-0.39, 0.29) is 5.75 Å². The largest absolute Gasteiger partial charge is 0.325 e. The Morgan fingerprint density at radius 1 is 1.33 bits per heavy atom. The van der Waals surface area contributed by atoms with Gasteiger partial charge in [0.1, 0.15) is 11.6 Å². The third kappa shape index (κ3) is 4.67. The molecule has 21 heavy (non-hydrogen) atoms. The van der Waals surface area contributed by atoms with Crippen LogP contribution in [0, 0.1) is 5.82 Å². The molecule has 0 spiro atoms. The summed E-state index contributed by atoms with van der Waals surface area (Å²) in [4.78, 5) is 11.7. The molecule has 0 unspecified atom stereocenters. The Labute approximate surface area is 121 Å². The number of aryl methyl sites for hydroxylation is 1. The number of carbonyl (C=O) groups excluding carboxylic acids is 1. The summed E-state index contributed by atoms with van der Waals surface area (Å²) < 4.78 is 38.0. The predicted molar refractivity (Wildman–Crippen MR) is 75.7 cm³/mol. The Morgan fingerprint density at radius 3 is 2.57 bits per heavy atom. The second kappa shape index (κ2) is 6.04. The van der Waals surface area contributed by atoms with Gasteiger partial charge in [-0.25, -0.2) is 12.8 Å². The first-order chi connectivity index (χ1) is 9.84. The molecule has 1 amide bonds. The van der Waals surface area contributed by atoms with Crippen molar-refractivity contribution in [3.05, 3.63) is 48.0 Å². The molecule has 0 saturated carbocycles. The Balaban J connectivity index is 1.96. The van der Waals surface area contributed by atoms with Crippen molar-refractivity contribution in [1.82, 2.24) is 9.78 Å². The van der Waals surface area contributed by atoms with Gasteiger partial charge in [-0.3, -0.25) is 9.48 Å². The fraction of sp³-hybridized carbons (Fsp3) is 0.231. The standard InChI is InChI=1S/C13H14FN3O3S/c1-17-7-10(6-15-17)8-21(19,20)9-13(18)16-12-4-2-11(14)3-5-12/h2-7H,8-9H2,1H3,(H,16,18). The van der Waals surface area contributed by atoms with Crippen LogP contribution < -0.4 is 5.32 Å². The maximum absolute atomic E-state index is 12.7. The first kappa shape index (κ1) is 15.2. The smallest absolute Gasteiger partial charge is 0.239 e. The number of aromatic nitrogens is 2. The molecule has 6 nitrogen and oxygen atoms in total. The predicted octanol–water partition coefficient (Wildman–Crippen LogP) is 1.11. The van der Waals surface area contributed by atoms with Crippen LogP contribution in [0.4, 0.5) is 10.1 Å². The molecule has 2 rings (SSSR count). The third-order valence-corrected chi connectivity index (χ3v) is 4.10. The SMILES string of the molecule is Cn1cc(CS(=O)(=O)CC(=O)Nc2ccc(F)cc2)cn1. The van der Waals surface area contributed by atoms with E-state index < -0.39 is 27.3 Å². The molecule has 0 aliphatic rings. The topological polar surface area (TPSA) is 81.1 Å². The highest BCUT2D eigenvalue weighted by Crippen LogP contribution is 2.10. The Morgan fingerprint density at radius 2 is 2.00 bits per heavy atom. The molecule has 112 valence electrons. The monoisotopic (exact) mass is 311 g/mol. The van der Waals surface area contributed by atoms with E-state index in [4.69, 9.17) is 0 Å². The van der Waals surface area contributed by atoms with Gasteiger partial charge in [0.15, 0.2) is 9.84 Å². The zero-order valence-corrected chi connectivity index (χ0v) is 12.1. The number of amides is 1. The summed E-state index contributed by atoms with van der Waals surface area (Å²) in [7, 11) is -1.91. The van der Waals surface area contributed by atoms with Gasteiger partial charge in [-0.2, -0.15) is 5.10 Å². The van der Waals surface area contributed by atoms with E-state index in [1.54, 1.807) is 13.2 Å². The van der Waals surface area contributed by atoms with Crippen LogP contribution in [-0.2, 0) is 27.4 Å². The number of halogens is 1. The van der Waals surface area contributed by atoms with Gasteiger partial charge in [-0.05, 0) is 24.3 Å². The lowest BCUT2D eigenvalue weighted by Crippen LogP contribution is -2.23. The van der Waals surface area contributed by atoms with Gasteiger partial charge in [0, 0.05) is 24.5 Å². The van der Waals surface area contributed by atoms with E-state index in [0.29, 0.717) is 11.3 Å². The molecular weight excluding hydrogens is 297 g/mol. The van der Waals surface area contributed by atoms with Crippen molar-refractivity contribution in [2.24, 2.45) is 7.05 Å². The minimum Gasteiger partial charge on any atom is -0.325 e. The summed E-state index contributed by atoms with van der Waals surface area (Å²) in [6.07, 6.45) is 3.02. The van der Waals surface area contributed by atoms with Gasteiger partial charge in [-0.15, -0.1) is 0 Å². The lowest BCUT2D eigenvalue weighted by molar-refractivity contribution is -0.113. The van der Waals surface area contributed by atoms with Crippen LogP contribution in [0.5, 0.6) is 0 Å². The Bertz CT molecular complexity index is 738. The Hall–Kier alpha value is -2.22. The number of hydrogen-bond donors (Lipinski definition) is 1. The van der Waals surface area contributed by atoms with Crippen molar-refractivity contribution in [3.63, 3.8) is 0 Å². The second-order valence-corrected chi connectivity index (χ2v) is 6.67. The molecule has 1 aromatic carbocycles. The van der Waals surface area contributed by atoms with Crippen LogP contribution in [0.25, 0.3) is 0 Å². The molecular formula is C13H14FN3O3S. The minimum atomic E-state index is -3.59. The van der Waals surface area contributed by atoms with Gasteiger partial charge in [-0.1, -0.05) is 0 Å². The number of nitrogens with one attached hydrogen (secondary N) is 1. The molecule has 0 atom stereocenters. The van der Waals surface area contributed by atoms with Gasteiger partial charge in [0.25, 0.3) is 0 Å². The van der Waals surface area contributed by atoms with E-state index in [1.165, 1.54) is 35.1 Å². The number of sulfone groups is 1. The van der Waals surface area contributed by atoms with Crippen molar-refractivity contribution in [2.45, 2.75) is 5.75 Å². The van der Waals surface area contributed by atoms with E-state index in [9.17, 15) is 17.6 Å². The van der Waals surface area contributed by atoms with Crippen molar-refractivity contribution in [2.75, 3.05) is 11.1 Å². The molecule has 2 aromatic rings. The van der Waals surface area contributed by atoms with E-state index in [0.717, 1.165) is 0 Å². The number of benzene rings is 1. The average molecular weight is 311 g/mol. The van der Waals surface area contributed by atoms with E-state index in [1.807, 2.05) is 0 Å². The number of carbonyl (C=O) groups is 1. The first-order valence-electron chi connectivity index (χ1n) is 6.07. The molecule has 0 aliphatic carbocycles. The normalized spacial score (nSPS) is 11.3. The molecule has 1 heterocycles.